The van der Waals surface area contributed by atoms with Gasteiger partial charge in [-0.25, -0.2) is 4.83 Å². The summed E-state index contributed by atoms with van der Waals surface area (Å²) in [5.41, 5.74) is 1.39. The van der Waals surface area contributed by atoms with Crippen molar-refractivity contribution >= 4 is 48.9 Å². The van der Waals surface area contributed by atoms with Gasteiger partial charge in [0, 0.05) is 0 Å². The van der Waals surface area contributed by atoms with Crippen LogP contribution in [0.1, 0.15) is 11.1 Å². The number of ether oxygens (including phenoxy) is 1. The van der Waals surface area contributed by atoms with Gasteiger partial charge in [0.05, 0.1) is 21.8 Å². The highest BCUT2D eigenvalue weighted by Crippen LogP contribution is 2.35. The molecular weight excluding hydrogens is 567 g/mol. The number of rotatable bonds is 8. The summed E-state index contributed by atoms with van der Waals surface area (Å²) >= 11 is 1.91. The zero-order chi connectivity index (χ0) is 23.4. The van der Waals surface area contributed by atoms with Crippen molar-refractivity contribution in [1.29, 1.82) is 0 Å². The molecule has 1 N–H and O–H groups in total. The molecule has 11 heteroatoms. The van der Waals surface area contributed by atoms with Gasteiger partial charge in [-0.2, -0.15) is 21.9 Å². The first-order valence-electron chi connectivity index (χ1n) is 9.11. The number of methoxy groups -OCH3 is 1. The third kappa shape index (κ3) is 5.78. The molecule has 32 heavy (non-hydrogen) atoms. The number of halogens is 1. The fraction of sp³-hybridized carbons (Fsp3) is 0.0952. The SMILES string of the molecule is COc1cc(/C=N\NS(=O)(=O)c2ccccc2)cc(I)c1OS(=O)(=O)c1ccc(C)cc1. The molecule has 0 aliphatic carbocycles. The average molecular weight is 586 g/mol. The number of nitrogens with one attached hydrogen (secondary N) is 1. The molecule has 3 aromatic rings. The molecule has 0 aliphatic rings. The lowest BCUT2D eigenvalue weighted by molar-refractivity contribution is 0.389. The summed E-state index contributed by atoms with van der Waals surface area (Å²) in [5, 5.41) is 3.79. The number of nitrogens with zero attached hydrogens (tertiary/aromatic N) is 1. The highest BCUT2D eigenvalue weighted by atomic mass is 127. The maximum absolute atomic E-state index is 12.7. The first kappa shape index (κ1) is 24.0. The summed E-state index contributed by atoms with van der Waals surface area (Å²) in [4.78, 5) is 2.22. The van der Waals surface area contributed by atoms with Gasteiger partial charge in [0.25, 0.3) is 10.0 Å². The Morgan fingerprint density at radius 3 is 2.22 bits per heavy atom. The summed E-state index contributed by atoms with van der Waals surface area (Å²) in [6, 6.07) is 17.2. The number of benzene rings is 3. The first-order chi connectivity index (χ1) is 15.1. The minimum absolute atomic E-state index is 0.0157. The van der Waals surface area contributed by atoms with E-state index < -0.39 is 20.1 Å². The van der Waals surface area contributed by atoms with E-state index in [0.29, 0.717) is 9.13 Å². The summed E-state index contributed by atoms with van der Waals surface area (Å²) in [6.45, 7) is 1.85. The van der Waals surface area contributed by atoms with E-state index in [1.54, 1.807) is 36.4 Å². The van der Waals surface area contributed by atoms with E-state index in [-0.39, 0.29) is 21.3 Å². The lowest BCUT2D eigenvalue weighted by Crippen LogP contribution is -2.18. The van der Waals surface area contributed by atoms with Crippen LogP contribution in [-0.2, 0) is 20.1 Å². The summed E-state index contributed by atoms with van der Waals surface area (Å²) in [6.07, 6.45) is 1.28. The number of hydrazone groups is 1. The van der Waals surface area contributed by atoms with Crippen molar-refractivity contribution in [3.63, 3.8) is 0 Å². The molecule has 0 heterocycles. The van der Waals surface area contributed by atoms with Gasteiger partial charge in [-0.15, -0.1) is 0 Å². The van der Waals surface area contributed by atoms with Crippen molar-refractivity contribution in [3.8, 4) is 11.5 Å². The van der Waals surface area contributed by atoms with Crippen molar-refractivity contribution < 1.29 is 25.8 Å². The smallest absolute Gasteiger partial charge is 0.339 e. The topological polar surface area (TPSA) is 111 Å². The molecule has 0 atom stereocenters. The van der Waals surface area contributed by atoms with Crippen LogP contribution >= 0.6 is 22.6 Å². The zero-order valence-electron chi connectivity index (χ0n) is 17.0. The van der Waals surface area contributed by atoms with E-state index in [2.05, 4.69) is 9.93 Å². The molecule has 0 saturated heterocycles. The molecular formula is C21H19IN2O6S2. The van der Waals surface area contributed by atoms with E-state index >= 15 is 0 Å². The quantitative estimate of drug-likeness (QED) is 0.187. The highest BCUT2D eigenvalue weighted by molar-refractivity contribution is 14.1. The lowest BCUT2D eigenvalue weighted by atomic mass is 10.2. The fourth-order valence-corrected chi connectivity index (χ4v) is 5.23. The van der Waals surface area contributed by atoms with Gasteiger partial charge >= 0.3 is 10.1 Å². The number of aryl methyl sites for hydroxylation is 1. The van der Waals surface area contributed by atoms with Gasteiger partial charge < -0.3 is 8.92 Å². The van der Waals surface area contributed by atoms with Crippen LogP contribution in [0.3, 0.4) is 0 Å². The Bertz CT molecular complexity index is 1340. The van der Waals surface area contributed by atoms with Gasteiger partial charge in [-0.3, -0.25) is 0 Å². The molecule has 0 unspecified atom stereocenters. The van der Waals surface area contributed by atoms with Crippen LogP contribution in [0, 0.1) is 10.5 Å². The van der Waals surface area contributed by atoms with Crippen molar-refractivity contribution in [2.24, 2.45) is 5.10 Å². The third-order valence-corrected chi connectivity index (χ3v) is 7.47. The maximum Gasteiger partial charge on any atom is 0.339 e. The van der Waals surface area contributed by atoms with E-state index in [1.807, 2.05) is 29.5 Å². The number of sulfonamides is 1. The van der Waals surface area contributed by atoms with Gasteiger partial charge in [0.2, 0.25) is 0 Å². The highest BCUT2D eigenvalue weighted by Gasteiger charge is 2.22. The molecule has 3 rings (SSSR count). The Morgan fingerprint density at radius 2 is 1.59 bits per heavy atom. The van der Waals surface area contributed by atoms with Crippen molar-refractivity contribution in [2.75, 3.05) is 7.11 Å². The van der Waals surface area contributed by atoms with E-state index in [4.69, 9.17) is 8.92 Å². The molecule has 0 bridgehead atoms. The lowest BCUT2D eigenvalue weighted by Gasteiger charge is -2.13. The molecule has 3 aromatic carbocycles. The minimum atomic E-state index is -4.08. The Labute approximate surface area is 200 Å². The fourth-order valence-electron chi connectivity index (χ4n) is 2.58. The Balaban J connectivity index is 1.83. The predicted octanol–water partition coefficient (Wildman–Crippen LogP) is 3.69. The molecule has 0 aliphatic heterocycles. The predicted molar refractivity (Wildman–Crippen MR) is 129 cm³/mol. The van der Waals surface area contributed by atoms with Crippen LogP contribution in [0.5, 0.6) is 11.5 Å². The minimum Gasteiger partial charge on any atom is -0.493 e. The normalized spacial score (nSPS) is 12.0. The molecule has 0 amide bonds. The van der Waals surface area contributed by atoms with Crippen LogP contribution in [0.25, 0.3) is 0 Å². The van der Waals surface area contributed by atoms with Crippen molar-refractivity contribution in [3.05, 3.63) is 81.4 Å². The zero-order valence-corrected chi connectivity index (χ0v) is 20.8. The van der Waals surface area contributed by atoms with Gasteiger partial charge in [-0.05, 0) is 71.5 Å². The largest absolute Gasteiger partial charge is 0.493 e. The van der Waals surface area contributed by atoms with E-state index in [0.717, 1.165) is 5.56 Å². The van der Waals surface area contributed by atoms with Crippen LogP contribution < -0.4 is 13.8 Å². The summed E-state index contributed by atoms with van der Waals surface area (Å²) < 4.78 is 60.8. The monoisotopic (exact) mass is 586 g/mol. The van der Waals surface area contributed by atoms with Gasteiger partial charge in [0.1, 0.15) is 4.90 Å². The maximum atomic E-state index is 12.7. The Morgan fingerprint density at radius 1 is 0.938 bits per heavy atom. The van der Waals surface area contributed by atoms with Crippen molar-refractivity contribution in [2.45, 2.75) is 16.7 Å². The second kappa shape index (κ2) is 9.88. The molecule has 0 fully saturated rings. The summed E-state index contributed by atoms with van der Waals surface area (Å²) in [5.74, 6) is 0.177. The third-order valence-electron chi connectivity index (χ3n) is 4.19. The van der Waals surface area contributed by atoms with Crippen molar-refractivity contribution in [1.82, 2.24) is 4.83 Å². The van der Waals surface area contributed by atoms with Crippen LogP contribution in [0.15, 0.2) is 81.6 Å². The van der Waals surface area contributed by atoms with Gasteiger partial charge in [0.15, 0.2) is 11.5 Å². The second-order valence-corrected chi connectivity index (χ2v) is 10.9. The van der Waals surface area contributed by atoms with Gasteiger partial charge in [-0.1, -0.05) is 35.9 Å². The van der Waals surface area contributed by atoms with E-state index in [9.17, 15) is 16.8 Å². The number of hydrogen-bond donors (Lipinski definition) is 1. The Kier molecular flexibility index (Phi) is 7.41. The number of hydrogen-bond acceptors (Lipinski definition) is 7. The average Bonchev–Trinajstić information content (AvgIpc) is 2.76. The second-order valence-electron chi connectivity index (χ2n) is 6.55. The molecule has 8 nitrogen and oxygen atoms in total. The Hall–Kier alpha value is -2.64. The first-order valence-corrected chi connectivity index (χ1v) is 13.1. The van der Waals surface area contributed by atoms with Crippen LogP contribution in [0.2, 0.25) is 0 Å². The van der Waals surface area contributed by atoms with Crippen LogP contribution in [0.4, 0.5) is 0 Å². The molecule has 0 aromatic heterocycles. The van der Waals surface area contributed by atoms with Crippen LogP contribution in [-0.4, -0.2) is 30.2 Å². The molecule has 168 valence electrons. The molecule has 0 radical (unpaired) electrons. The molecule has 0 saturated carbocycles. The summed E-state index contributed by atoms with van der Waals surface area (Å²) in [7, 11) is -6.51. The van der Waals surface area contributed by atoms with E-state index in [1.165, 1.54) is 43.7 Å². The molecule has 0 spiro atoms. The standard InChI is InChI=1S/C21H19IN2O6S2/c1-15-8-10-18(11-9-15)32(27,28)30-21-19(22)12-16(13-20(21)29-2)14-23-24-31(25,26)17-6-4-3-5-7-17/h3-14,24H,1-2H3/b23-14-.